The number of nitrogens with zero attached hydrogens (tertiary/aromatic N) is 2. The van der Waals surface area contributed by atoms with Crippen LogP contribution in [0.4, 0.5) is 4.79 Å². The molecule has 88 valence electrons. The minimum Gasteiger partial charge on any atom is -0.331 e. The highest BCUT2D eigenvalue weighted by Gasteiger charge is 2.10. The van der Waals surface area contributed by atoms with E-state index in [1.165, 1.54) is 10.9 Å². The summed E-state index contributed by atoms with van der Waals surface area (Å²) in [7, 11) is 0. The van der Waals surface area contributed by atoms with E-state index < -0.39 is 0 Å². The summed E-state index contributed by atoms with van der Waals surface area (Å²) in [5, 5.41) is 3.51. The highest BCUT2D eigenvalue weighted by atomic mass is 35.5. The highest BCUT2D eigenvalue weighted by Crippen LogP contribution is 2.17. The number of aromatic nitrogens is 2. The number of imidazole rings is 1. The van der Waals surface area contributed by atoms with Gasteiger partial charge in [-0.05, 0) is 24.6 Å². The maximum Gasteiger partial charge on any atom is 0.327 e. The molecular formula is C12H12ClN3O. The molecular weight excluding hydrogens is 238 g/mol. The van der Waals surface area contributed by atoms with E-state index in [9.17, 15) is 4.79 Å². The second-order valence-electron chi connectivity index (χ2n) is 3.70. The molecule has 1 heterocycles. The number of hydrogen-bond donors (Lipinski definition) is 1. The van der Waals surface area contributed by atoms with E-state index in [0.717, 1.165) is 5.56 Å². The molecule has 0 aliphatic carbocycles. The standard InChI is InChI=1S/C12H12ClN3O/c1-9(10-3-2-4-11(13)7-10)15-12(17)16-6-5-14-8-16/h2-9H,1H3,(H,15,17)/t9-/m0/s1. The first-order chi connectivity index (χ1) is 8.16. The van der Waals surface area contributed by atoms with Gasteiger partial charge < -0.3 is 5.32 Å². The van der Waals surface area contributed by atoms with E-state index in [4.69, 9.17) is 11.6 Å². The smallest absolute Gasteiger partial charge is 0.327 e. The summed E-state index contributed by atoms with van der Waals surface area (Å²) < 4.78 is 1.39. The normalized spacial score (nSPS) is 12.1. The predicted molar refractivity (Wildman–Crippen MR) is 66.0 cm³/mol. The van der Waals surface area contributed by atoms with Crippen molar-refractivity contribution in [3.63, 3.8) is 0 Å². The Morgan fingerprint density at radius 3 is 3.00 bits per heavy atom. The average Bonchev–Trinajstić information content (AvgIpc) is 2.82. The Kier molecular flexibility index (Phi) is 3.44. The summed E-state index contributed by atoms with van der Waals surface area (Å²) in [6.07, 6.45) is 4.61. The van der Waals surface area contributed by atoms with Crippen LogP contribution in [-0.4, -0.2) is 15.6 Å². The highest BCUT2D eigenvalue weighted by molar-refractivity contribution is 6.30. The van der Waals surface area contributed by atoms with E-state index in [0.29, 0.717) is 5.02 Å². The molecule has 1 aromatic carbocycles. The lowest BCUT2D eigenvalue weighted by molar-refractivity contribution is 0.239. The van der Waals surface area contributed by atoms with Crippen molar-refractivity contribution in [1.82, 2.24) is 14.9 Å². The first-order valence-electron chi connectivity index (χ1n) is 5.21. The molecule has 0 bridgehead atoms. The second kappa shape index (κ2) is 5.01. The van der Waals surface area contributed by atoms with Crippen LogP contribution in [-0.2, 0) is 0 Å². The molecule has 1 N–H and O–H groups in total. The quantitative estimate of drug-likeness (QED) is 0.890. The summed E-state index contributed by atoms with van der Waals surface area (Å²) in [6, 6.07) is 7.09. The third-order valence-electron chi connectivity index (χ3n) is 2.43. The molecule has 0 fully saturated rings. The lowest BCUT2D eigenvalue weighted by atomic mass is 10.1. The van der Waals surface area contributed by atoms with E-state index in [1.54, 1.807) is 18.5 Å². The third-order valence-corrected chi connectivity index (χ3v) is 2.66. The van der Waals surface area contributed by atoms with E-state index in [2.05, 4.69) is 10.3 Å². The first kappa shape index (κ1) is 11.7. The lowest BCUT2D eigenvalue weighted by Crippen LogP contribution is -2.30. The van der Waals surface area contributed by atoms with Crippen LogP contribution >= 0.6 is 11.6 Å². The molecule has 0 aliphatic heterocycles. The summed E-state index contributed by atoms with van der Waals surface area (Å²) >= 11 is 5.90. The number of carbonyl (C=O) groups is 1. The monoisotopic (exact) mass is 249 g/mol. The fourth-order valence-electron chi connectivity index (χ4n) is 1.50. The summed E-state index contributed by atoms with van der Waals surface area (Å²) in [6.45, 7) is 1.90. The molecule has 0 radical (unpaired) electrons. The van der Waals surface area contributed by atoms with Crippen molar-refractivity contribution in [2.24, 2.45) is 0 Å². The van der Waals surface area contributed by atoms with Gasteiger partial charge in [0.2, 0.25) is 0 Å². The number of hydrogen-bond acceptors (Lipinski definition) is 2. The van der Waals surface area contributed by atoms with Gasteiger partial charge in [-0.1, -0.05) is 23.7 Å². The second-order valence-corrected chi connectivity index (χ2v) is 4.13. The predicted octanol–water partition coefficient (Wildman–Crippen LogP) is 2.86. The summed E-state index contributed by atoms with van der Waals surface area (Å²) in [5.41, 5.74) is 0.964. The van der Waals surface area contributed by atoms with Gasteiger partial charge in [0.15, 0.2) is 0 Å². The van der Waals surface area contributed by atoms with Crippen molar-refractivity contribution in [3.8, 4) is 0 Å². The zero-order chi connectivity index (χ0) is 12.3. The van der Waals surface area contributed by atoms with Gasteiger partial charge in [-0.15, -0.1) is 0 Å². The lowest BCUT2D eigenvalue weighted by Gasteiger charge is -2.14. The molecule has 17 heavy (non-hydrogen) atoms. The van der Waals surface area contributed by atoms with Crippen molar-refractivity contribution in [1.29, 1.82) is 0 Å². The van der Waals surface area contributed by atoms with Crippen LogP contribution in [0.3, 0.4) is 0 Å². The number of benzene rings is 1. The molecule has 0 unspecified atom stereocenters. The Balaban J connectivity index is 2.07. The van der Waals surface area contributed by atoms with Crippen LogP contribution in [0, 0.1) is 0 Å². The van der Waals surface area contributed by atoms with Crippen LogP contribution in [0.1, 0.15) is 18.5 Å². The molecule has 0 saturated heterocycles. The topological polar surface area (TPSA) is 46.9 Å². The minimum absolute atomic E-state index is 0.108. The Morgan fingerprint density at radius 2 is 2.35 bits per heavy atom. The SMILES string of the molecule is C[C@H](NC(=O)n1ccnc1)c1cccc(Cl)c1. The summed E-state index contributed by atoms with van der Waals surface area (Å²) in [4.78, 5) is 15.6. The van der Waals surface area contributed by atoms with Gasteiger partial charge in [-0.25, -0.2) is 9.78 Å². The van der Waals surface area contributed by atoms with Gasteiger partial charge in [-0.3, -0.25) is 4.57 Å². The molecule has 4 nitrogen and oxygen atoms in total. The molecule has 0 aliphatic rings. The van der Waals surface area contributed by atoms with E-state index >= 15 is 0 Å². The number of halogens is 1. The van der Waals surface area contributed by atoms with Crippen molar-refractivity contribution >= 4 is 17.6 Å². The Morgan fingerprint density at radius 1 is 1.53 bits per heavy atom. The van der Waals surface area contributed by atoms with Crippen LogP contribution < -0.4 is 5.32 Å². The first-order valence-corrected chi connectivity index (χ1v) is 5.59. The maximum absolute atomic E-state index is 11.8. The molecule has 2 rings (SSSR count). The minimum atomic E-state index is -0.213. The number of nitrogens with one attached hydrogen (secondary N) is 1. The largest absolute Gasteiger partial charge is 0.331 e. The average molecular weight is 250 g/mol. The van der Waals surface area contributed by atoms with E-state index in [-0.39, 0.29) is 12.1 Å². The fraction of sp³-hybridized carbons (Fsp3) is 0.167. The van der Waals surface area contributed by atoms with Crippen LogP contribution in [0.5, 0.6) is 0 Å². The molecule has 5 heteroatoms. The molecule has 1 atom stereocenters. The van der Waals surface area contributed by atoms with Crippen molar-refractivity contribution in [2.45, 2.75) is 13.0 Å². The molecule has 1 aromatic heterocycles. The van der Waals surface area contributed by atoms with Gasteiger partial charge in [-0.2, -0.15) is 0 Å². The molecule has 1 amide bonds. The van der Waals surface area contributed by atoms with Gasteiger partial charge in [0.25, 0.3) is 0 Å². The van der Waals surface area contributed by atoms with Crippen LogP contribution in [0.15, 0.2) is 43.0 Å². The van der Waals surface area contributed by atoms with Gasteiger partial charge in [0.1, 0.15) is 6.33 Å². The number of carbonyl (C=O) groups excluding carboxylic acids is 1. The molecule has 0 saturated carbocycles. The van der Waals surface area contributed by atoms with Crippen LogP contribution in [0.2, 0.25) is 5.02 Å². The van der Waals surface area contributed by atoms with Gasteiger partial charge in [0, 0.05) is 17.4 Å². The Hall–Kier alpha value is -1.81. The Bertz CT molecular complexity index is 510. The van der Waals surface area contributed by atoms with Crippen LogP contribution in [0.25, 0.3) is 0 Å². The third kappa shape index (κ3) is 2.85. The number of rotatable bonds is 2. The summed E-state index contributed by atoms with van der Waals surface area (Å²) in [5.74, 6) is 0. The van der Waals surface area contributed by atoms with Gasteiger partial charge >= 0.3 is 6.03 Å². The number of amides is 1. The van der Waals surface area contributed by atoms with Gasteiger partial charge in [0.05, 0.1) is 6.04 Å². The molecule has 2 aromatic rings. The fourth-order valence-corrected chi connectivity index (χ4v) is 1.70. The zero-order valence-corrected chi connectivity index (χ0v) is 10.1. The van der Waals surface area contributed by atoms with E-state index in [1.807, 2.05) is 25.1 Å². The zero-order valence-electron chi connectivity index (χ0n) is 9.30. The molecule has 0 spiro atoms. The van der Waals surface area contributed by atoms with Crippen molar-refractivity contribution < 1.29 is 4.79 Å². The Labute approximate surface area is 104 Å². The van der Waals surface area contributed by atoms with Crippen molar-refractivity contribution in [3.05, 3.63) is 53.6 Å². The van der Waals surface area contributed by atoms with Crippen molar-refractivity contribution in [2.75, 3.05) is 0 Å². The maximum atomic E-state index is 11.8.